The number of allylic oxidation sites excluding steroid dienone is 2. The van der Waals surface area contributed by atoms with E-state index >= 15 is 0 Å². The second-order valence-electron chi connectivity index (χ2n) is 9.81. The van der Waals surface area contributed by atoms with E-state index in [9.17, 15) is 20.6 Å². The zero-order valence-corrected chi connectivity index (χ0v) is 18.2. The van der Waals surface area contributed by atoms with E-state index in [-0.39, 0.29) is 28.5 Å². The number of fused-ring (bicyclic) bond motifs is 4. The number of nitrogens with zero attached hydrogens (tertiary/aromatic N) is 4. The van der Waals surface area contributed by atoms with Gasteiger partial charge in [0.15, 0.2) is 0 Å². The first-order valence-corrected chi connectivity index (χ1v) is 10.4. The molecule has 0 unspecified atom stereocenters. The van der Waals surface area contributed by atoms with E-state index < -0.39 is 16.7 Å². The Kier molecular flexibility index (Phi) is 4.32. The number of hydrogen-bond acceptors (Lipinski definition) is 5. The predicted octanol–water partition coefficient (Wildman–Crippen LogP) is 3.68. The van der Waals surface area contributed by atoms with E-state index in [1.807, 2.05) is 30.3 Å². The molecule has 3 aliphatic rings. The maximum absolute atomic E-state index is 13.9. The van der Waals surface area contributed by atoms with Gasteiger partial charge in [0.05, 0.1) is 29.5 Å². The summed E-state index contributed by atoms with van der Waals surface area (Å²) in [5.41, 5.74) is 5.27. The molecule has 4 rings (SSSR count). The van der Waals surface area contributed by atoms with Gasteiger partial charge in [-0.15, -0.1) is 0 Å². The Balaban J connectivity index is 2.15. The Hall–Kier alpha value is -3.56. The largest absolute Gasteiger partial charge is 0.399 e. The smallest absolute Gasteiger partial charge is 0.243 e. The molecule has 0 saturated carbocycles. The average molecular weight is 412 g/mol. The van der Waals surface area contributed by atoms with E-state index in [2.05, 4.69) is 39.0 Å². The maximum atomic E-state index is 13.9. The molecule has 2 aliphatic carbocycles. The summed E-state index contributed by atoms with van der Waals surface area (Å²) in [5, 5.41) is 30.5. The van der Waals surface area contributed by atoms with Crippen LogP contribution in [-0.2, 0) is 10.2 Å². The van der Waals surface area contributed by atoms with Gasteiger partial charge in [-0.3, -0.25) is 4.79 Å². The summed E-state index contributed by atoms with van der Waals surface area (Å²) in [6, 6.07) is 13.8. The van der Waals surface area contributed by atoms with Gasteiger partial charge >= 0.3 is 0 Å². The molecule has 0 radical (unpaired) electrons. The third-order valence-electron chi connectivity index (χ3n) is 7.55. The molecular formula is C25H25N5O. The second-order valence-corrected chi connectivity index (χ2v) is 9.81. The van der Waals surface area contributed by atoms with Crippen molar-refractivity contribution < 1.29 is 4.79 Å². The molecule has 0 bridgehead atoms. The van der Waals surface area contributed by atoms with Crippen LogP contribution in [0.2, 0.25) is 0 Å². The van der Waals surface area contributed by atoms with Gasteiger partial charge in [0.25, 0.3) is 0 Å². The van der Waals surface area contributed by atoms with Crippen molar-refractivity contribution in [1.29, 1.82) is 15.8 Å². The third kappa shape index (κ3) is 2.32. The van der Waals surface area contributed by atoms with Crippen LogP contribution in [0.25, 0.3) is 0 Å². The summed E-state index contributed by atoms with van der Waals surface area (Å²) >= 11 is 0. The highest BCUT2D eigenvalue weighted by molar-refractivity contribution is 6.11. The Bertz CT molecular complexity index is 1170. The van der Waals surface area contributed by atoms with Gasteiger partial charge < -0.3 is 10.6 Å². The number of carbonyl (C=O) groups is 1. The van der Waals surface area contributed by atoms with Crippen LogP contribution in [0.5, 0.6) is 0 Å². The van der Waals surface area contributed by atoms with Crippen molar-refractivity contribution >= 4 is 11.6 Å². The monoisotopic (exact) mass is 411 g/mol. The van der Waals surface area contributed by atoms with Crippen LogP contribution in [0.15, 0.2) is 47.2 Å². The molecule has 1 aromatic rings. The summed E-state index contributed by atoms with van der Waals surface area (Å²) in [5.74, 6) is -0.508. The lowest BCUT2D eigenvalue weighted by molar-refractivity contribution is -0.123. The molecule has 31 heavy (non-hydrogen) atoms. The molecule has 6 heteroatoms. The first kappa shape index (κ1) is 20.7. The highest BCUT2D eigenvalue weighted by atomic mass is 16.2. The fourth-order valence-corrected chi connectivity index (χ4v) is 5.77. The number of likely N-dealkylation sites (N-methyl/N-ethyl adjacent to an activating group) is 1. The third-order valence-corrected chi connectivity index (χ3v) is 7.55. The van der Waals surface area contributed by atoms with Gasteiger partial charge in [0.1, 0.15) is 5.41 Å². The van der Waals surface area contributed by atoms with Crippen molar-refractivity contribution in [2.24, 2.45) is 28.4 Å². The van der Waals surface area contributed by atoms with E-state index in [0.29, 0.717) is 18.4 Å². The Labute approximate surface area is 182 Å². The van der Waals surface area contributed by atoms with E-state index in [4.69, 9.17) is 5.73 Å². The SMILES string of the molecule is CN1C(=O)[C@]2(C(C#N)=C(N)C(C#N)(C#N)C3=CC[C@H](C(C)(C)C)C[C@H]32)c2ccccc21. The van der Waals surface area contributed by atoms with Crippen molar-refractivity contribution in [3.05, 3.63) is 52.7 Å². The Morgan fingerprint density at radius 3 is 2.39 bits per heavy atom. The van der Waals surface area contributed by atoms with E-state index in [1.54, 1.807) is 11.9 Å². The first-order valence-electron chi connectivity index (χ1n) is 10.4. The molecule has 1 aliphatic heterocycles. The molecular weight excluding hydrogens is 386 g/mol. The molecule has 1 aromatic carbocycles. The first-order chi connectivity index (χ1) is 14.6. The summed E-state index contributed by atoms with van der Waals surface area (Å²) in [6.07, 6.45) is 3.22. The van der Waals surface area contributed by atoms with Crippen molar-refractivity contribution in [2.45, 2.75) is 39.0 Å². The van der Waals surface area contributed by atoms with Crippen LogP contribution in [-0.4, -0.2) is 13.0 Å². The number of nitrogens with two attached hydrogens (primary N) is 1. The Morgan fingerprint density at radius 1 is 1.16 bits per heavy atom. The molecule has 3 atom stereocenters. The van der Waals surface area contributed by atoms with Gasteiger partial charge in [-0.1, -0.05) is 45.0 Å². The van der Waals surface area contributed by atoms with Gasteiger partial charge in [-0.25, -0.2) is 0 Å². The molecule has 2 N–H and O–H groups in total. The van der Waals surface area contributed by atoms with Crippen LogP contribution < -0.4 is 10.6 Å². The summed E-state index contributed by atoms with van der Waals surface area (Å²) in [4.78, 5) is 15.5. The molecule has 1 heterocycles. The van der Waals surface area contributed by atoms with Crippen molar-refractivity contribution in [3.8, 4) is 18.2 Å². The summed E-state index contributed by atoms with van der Waals surface area (Å²) in [7, 11) is 1.70. The molecule has 6 nitrogen and oxygen atoms in total. The van der Waals surface area contributed by atoms with Gasteiger partial charge in [-0.2, -0.15) is 15.8 Å². The molecule has 1 spiro atoms. The standard InChI is InChI=1S/C25H25N5O/c1-23(2,3)15-9-10-16-18(11-15)25(19(12-26)21(29)24(16,13-27)14-28)17-7-5-6-8-20(17)30(4)22(25)31/h5-8,10,15,18H,9,11,29H2,1-4H3/t15-,18+,25+/m0/s1. The van der Waals surface area contributed by atoms with Gasteiger partial charge in [-0.05, 0) is 41.4 Å². The van der Waals surface area contributed by atoms with Crippen LogP contribution >= 0.6 is 0 Å². The molecule has 156 valence electrons. The molecule has 1 amide bonds. The zero-order chi connectivity index (χ0) is 22.8. The average Bonchev–Trinajstić information content (AvgIpc) is 2.97. The summed E-state index contributed by atoms with van der Waals surface area (Å²) in [6.45, 7) is 6.46. The lowest BCUT2D eigenvalue weighted by Crippen LogP contribution is -2.55. The van der Waals surface area contributed by atoms with Crippen molar-refractivity contribution in [2.75, 3.05) is 11.9 Å². The minimum Gasteiger partial charge on any atom is -0.399 e. The van der Waals surface area contributed by atoms with Crippen LogP contribution in [0.3, 0.4) is 0 Å². The number of hydrogen-bond donors (Lipinski definition) is 1. The number of para-hydroxylation sites is 1. The maximum Gasteiger partial charge on any atom is 0.243 e. The fraction of sp³-hybridized carbons (Fsp3) is 0.440. The zero-order valence-electron chi connectivity index (χ0n) is 18.2. The van der Waals surface area contributed by atoms with E-state index in [0.717, 1.165) is 11.3 Å². The van der Waals surface area contributed by atoms with E-state index in [1.165, 1.54) is 0 Å². The quantitative estimate of drug-likeness (QED) is 0.653. The van der Waals surface area contributed by atoms with Crippen molar-refractivity contribution in [3.63, 3.8) is 0 Å². The highest BCUT2D eigenvalue weighted by Crippen LogP contribution is 2.63. The number of anilines is 1. The second kappa shape index (κ2) is 6.47. The van der Waals surface area contributed by atoms with Gasteiger partial charge in [0.2, 0.25) is 11.3 Å². The number of amides is 1. The topological polar surface area (TPSA) is 118 Å². The van der Waals surface area contributed by atoms with Crippen LogP contribution in [0, 0.1) is 56.7 Å². The highest BCUT2D eigenvalue weighted by Gasteiger charge is 2.66. The lowest BCUT2D eigenvalue weighted by atomic mass is 9.49. The minimum atomic E-state index is -1.74. The molecule has 0 saturated heterocycles. The normalized spacial score (nSPS) is 28.9. The van der Waals surface area contributed by atoms with Crippen LogP contribution in [0.1, 0.15) is 39.2 Å². The number of nitriles is 3. The fourth-order valence-electron chi connectivity index (χ4n) is 5.77. The minimum absolute atomic E-state index is 0.0362. The van der Waals surface area contributed by atoms with Gasteiger partial charge in [0, 0.05) is 18.7 Å². The molecule has 0 aromatic heterocycles. The Morgan fingerprint density at radius 2 is 1.81 bits per heavy atom. The number of benzene rings is 1. The predicted molar refractivity (Wildman–Crippen MR) is 116 cm³/mol. The van der Waals surface area contributed by atoms with Crippen molar-refractivity contribution in [1.82, 2.24) is 0 Å². The number of carbonyl (C=O) groups excluding carboxylic acids is 1. The lowest BCUT2D eigenvalue weighted by Gasteiger charge is -2.50. The molecule has 0 fully saturated rings. The number of rotatable bonds is 0. The van der Waals surface area contributed by atoms with Crippen LogP contribution in [0.4, 0.5) is 5.69 Å². The summed E-state index contributed by atoms with van der Waals surface area (Å²) < 4.78 is 0.